The van der Waals surface area contributed by atoms with E-state index in [0.717, 1.165) is 56.8 Å². The Morgan fingerprint density at radius 2 is 1.39 bits per heavy atom. The molecule has 0 unspecified atom stereocenters. The fourth-order valence-corrected chi connectivity index (χ4v) is 10.9. The first-order valence-electron chi connectivity index (χ1n) is 24.3. The molecule has 2 aromatic heterocycles. The first-order valence-corrected chi connectivity index (χ1v) is 24.3. The summed E-state index contributed by atoms with van der Waals surface area (Å²) in [5.41, 5.74) is 15.1. The molecule has 6 nitrogen and oxygen atoms in total. The van der Waals surface area contributed by atoms with Crippen LogP contribution in [0.15, 0.2) is 182 Å². The molecule has 0 saturated carbocycles. The van der Waals surface area contributed by atoms with Crippen molar-refractivity contribution in [2.75, 3.05) is 9.80 Å². The second kappa shape index (κ2) is 17.2. The number of benzene rings is 6. The maximum Gasteiger partial charge on any atom is 0.313 e. The SMILES string of the molecule is CC(C)(C)c1ccnc(-n2c3[c-]c(Oc4[c-]c(N5[CH-]N(C6=C(c7ccc8c(c7)C(C)(C)CCC8(C)C)N7C=CC=CB7C=C6c6ccccc6)c6ccccc65)ccc4)ccc3c3ccccc32)c1.[Pt]. The van der Waals surface area contributed by atoms with Crippen molar-refractivity contribution in [3.8, 4) is 17.3 Å². The fraction of sp³-hybridized carbons (Fsp3) is 0.194. The molecule has 12 rings (SSSR count). The van der Waals surface area contributed by atoms with Gasteiger partial charge in [-0.3, -0.25) is 0 Å². The van der Waals surface area contributed by atoms with Gasteiger partial charge in [0.25, 0.3) is 0 Å². The zero-order chi connectivity index (χ0) is 47.2. The monoisotopic (exact) mass is 1090 g/mol. The average molecular weight is 1090 g/mol. The van der Waals surface area contributed by atoms with Gasteiger partial charge in [-0.1, -0.05) is 145 Å². The van der Waals surface area contributed by atoms with Crippen LogP contribution in [0.2, 0.25) is 0 Å². The van der Waals surface area contributed by atoms with Crippen LogP contribution in [0.3, 0.4) is 0 Å². The predicted molar refractivity (Wildman–Crippen MR) is 286 cm³/mol. The van der Waals surface area contributed by atoms with Gasteiger partial charge in [0.15, 0.2) is 0 Å². The first kappa shape index (κ1) is 45.6. The van der Waals surface area contributed by atoms with Gasteiger partial charge >= 0.3 is 6.85 Å². The number of hydrogen-bond donors (Lipinski definition) is 0. The van der Waals surface area contributed by atoms with Crippen LogP contribution in [0.1, 0.15) is 89.1 Å². The predicted octanol–water partition coefficient (Wildman–Crippen LogP) is 15.2. The van der Waals surface area contributed by atoms with Crippen LogP contribution in [0.5, 0.6) is 11.5 Å². The largest absolute Gasteiger partial charge is 0.509 e. The molecular weight excluding hydrogens is 1040 g/mol. The van der Waals surface area contributed by atoms with E-state index in [0.29, 0.717) is 11.5 Å². The number of allylic oxidation sites excluding steroid dienone is 3. The molecule has 0 amide bonds. The molecule has 8 heteroatoms. The van der Waals surface area contributed by atoms with Crippen molar-refractivity contribution in [3.05, 3.63) is 228 Å². The first-order chi connectivity index (χ1) is 33.3. The van der Waals surface area contributed by atoms with Crippen LogP contribution in [-0.4, -0.2) is 21.2 Å². The molecule has 4 aliphatic rings. The average Bonchev–Trinajstić information content (AvgIpc) is 3.91. The quantitative estimate of drug-likeness (QED) is 0.117. The summed E-state index contributed by atoms with van der Waals surface area (Å²) in [4.78, 5) is 12.0. The van der Waals surface area contributed by atoms with Crippen LogP contribution < -0.4 is 14.5 Å². The molecule has 70 heavy (non-hydrogen) atoms. The van der Waals surface area contributed by atoms with E-state index in [1.54, 1.807) is 0 Å². The van der Waals surface area contributed by atoms with E-state index in [4.69, 9.17) is 9.72 Å². The van der Waals surface area contributed by atoms with E-state index in [1.165, 1.54) is 45.5 Å². The zero-order valence-corrected chi connectivity index (χ0v) is 43.0. The Bertz CT molecular complexity index is 3480. The third-order valence-electron chi connectivity index (χ3n) is 14.8. The van der Waals surface area contributed by atoms with Gasteiger partial charge in [-0.25, -0.2) is 4.98 Å². The maximum atomic E-state index is 6.73. The molecule has 0 atom stereocenters. The van der Waals surface area contributed by atoms with E-state index in [2.05, 4.69) is 238 Å². The summed E-state index contributed by atoms with van der Waals surface area (Å²) in [6, 6.07) is 57.2. The van der Waals surface area contributed by atoms with Crippen molar-refractivity contribution in [1.82, 2.24) is 14.4 Å². The summed E-state index contributed by atoms with van der Waals surface area (Å²) in [6.45, 7) is 18.6. The zero-order valence-electron chi connectivity index (χ0n) is 40.8. The molecule has 0 spiro atoms. The molecule has 1 aliphatic carbocycles. The van der Waals surface area contributed by atoms with Crippen molar-refractivity contribution in [2.24, 2.45) is 0 Å². The molecule has 5 heterocycles. The van der Waals surface area contributed by atoms with Crippen molar-refractivity contribution in [2.45, 2.75) is 77.6 Å². The van der Waals surface area contributed by atoms with Gasteiger partial charge < -0.3 is 23.9 Å². The number of ether oxygens (including phenoxy) is 1. The van der Waals surface area contributed by atoms with E-state index in [9.17, 15) is 0 Å². The molecule has 3 aliphatic heterocycles. The second-order valence-corrected chi connectivity index (χ2v) is 21.2. The number of aromatic nitrogens is 2. The Balaban J connectivity index is 0.00000533. The molecule has 0 fully saturated rings. The van der Waals surface area contributed by atoms with Gasteiger partial charge in [-0.15, -0.1) is 48.1 Å². The van der Waals surface area contributed by atoms with Crippen LogP contribution in [0, 0.1) is 18.8 Å². The minimum atomic E-state index is -0.0298. The van der Waals surface area contributed by atoms with Gasteiger partial charge in [0, 0.05) is 61.3 Å². The van der Waals surface area contributed by atoms with Gasteiger partial charge in [-0.05, 0) is 117 Å². The number of anilines is 3. The number of hydrogen-bond acceptors (Lipinski definition) is 5. The Labute approximate surface area is 427 Å². The van der Waals surface area contributed by atoms with E-state index >= 15 is 0 Å². The van der Waals surface area contributed by atoms with Crippen LogP contribution in [0.4, 0.5) is 17.1 Å². The summed E-state index contributed by atoms with van der Waals surface area (Å²) in [7, 11) is 0. The Morgan fingerprint density at radius 3 is 2.19 bits per heavy atom. The third-order valence-corrected chi connectivity index (χ3v) is 14.8. The smallest absolute Gasteiger partial charge is 0.313 e. The molecule has 0 bridgehead atoms. The summed E-state index contributed by atoms with van der Waals surface area (Å²) >= 11 is 0. The molecule has 0 saturated heterocycles. The molecule has 350 valence electrons. The summed E-state index contributed by atoms with van der Waals surface area (Å²) in [6.07, 6.45) is 10.8. The molecule has 0 radical (unpaired) electrons. The minimum absolute atomic E-state index is 0. The summed E-state index contributed by atoms with van der Waals surface area (Å²) in [5, 5.41) is 2.23. The van der Waals surface area contributed by atoms with Gasteiger partial charge in [0.1, 0.15) is 5.82 Å². The van der Waals surface area contributed by atoms with Crippen molar-refractivity contribution < 1.29 is 25.8 Å². The Kier molecular flexibility index (Phi) is 11.2. The summed E-state index contributed by atoms with van der Waals surface area (Å²) < 4.78 is 8.93. The van der Waals surface area contributed by atoms with Crippen LogP contribution >= 0.6 is 0 Å². The number of nitrogens with zero attached hydrogens (tertiary/aromatic N) is 5. The number of para-hydroxylation sites is 3. The van der Waals surface area contributed by atoms with Crippen LogP contribution in [-0.2, 0) is 37.3 Å². The van der Waals surface area contributed by atoms with E-state index in [1.807, 2.05) is 24.4 Å². The third kappa shape index (κ3) is 7.74. The molecule has 6 aromatic carbocycles. The van der Waals surface area contributed by atoms with E-state index in [-0.39, 0.29) is 44.2 Å². The summed E-state index contributed by atoms with van der Waals surface area (Å²) in [5.74, 6) is 6.77. The van der Waals surface area contributed by atoms with Crippen molar-refractivity contribution >= 4 is 57.0 Å². The van der Waals surface area contributed by atoms with Crippen LogP contribution in [0.25, 0.3) is 38.9 Å². The van der Waals surface area contributed by atoms with E-state index < -0.39 is 0 Å². The maximum absolute atomic E-state index is 6.73. The molecular formula is C62H55BN5OPt-3. The van der Waals surface area contributed by atoms with Gasteiger partial charge in [0.05, 0.1) is 5.70 Å². The molecule has 0 N–H and O–H groups in total. The van der Waals surface area contributed by atoms with Crippen molar-refractivity contribution in [1.29, 1.82) is 0 Å². The van der Waals surface area contributed by atoms with Gasteiger partial charge in [-0.2, -0.15) is 12.1 Å². The minimum Gasteiger partial charge on any atom is -0.509 e. The van der Waals surface area contributed by atoms with Crippen molar-refractivity contribution in [3.63, 3.8) is 0 Å². The Morgan fingerprint density at radius 1 is 0.657 bits per heavy atom. The Hall–Kier alpha value is -6.82. The van der Waals surface area contributed by atoms with Gasteiger partial charge in [0.2, 0.25) is 0 Å². The standard InChI is InChI=1S/C62H55BN5O.Pt/c1-60(2,3)44-30-34-64-57(37-44)68-53-23-12-11-22-48(53)49-28-27-47(39-56(49)68)69-46-21-17-20-45(38-46)65-41-66(55-25-14-13-24-54(55)65)59-50(42-18-9-8-10-19-42)40-63-33-15-16-35-67(63)58(59)43-26-29-51-52(36-43)62(6,7)32-31-61(51,4)5;/h8-30,33-37,40-41H,31-32H2,1-7H3;/q-3;. The fourth-order valence-electron chi connectivity index (χ4n) is 10.9. The normalized spacial score (nSPS) is 16.8. The second-order valence-electron chi connectivity index (χ2n) is 21.2. The molecule has 8 aromatic rings. The number of fused-ring (bicyclic) bond motifs is 6. The number of rotatable bonds is 7. The topological polar surface area (TPSA) is 36.8 Å². The number of pyridine rings is 1.